The molecule has 1 aromatic rings. The number of hydrogen-bond donors (Lipinski definition) is 0. The van der Waals surface area contributed by atoms with Gasteiger partial charge in [-0.1, -0.05) is 13.8 Å². The number of rotatable bonds is 5. The molecule has 0 bridgehead atoms. The van der Waals surface area contributed by atoms with Crippen LogP contribution in [0.1, 0.15) is 64.2 Å². The Labute approximate surface area is 102 Å². The number of hydrogen-bond acceptors (Lipinski definition) is 2. The van der Waals surface area contributed by atoms with Crippen molar-refractivity contribution < 1.29 is 0 Å². The highest BCUT2D eigenvalue weighted by Crippen LogP contribution is 2.41. The van der Waals surface area contributed by atoms with E-state index in [0.717, 1.165) is 18.2 Å². The van der Waals surface area contributed by atoms with Gasteiger partial charge >= 0.3 is 0 Å². The first-order chi connectivity index (χ1) is 7.59. The SMILES string of the molecule is CC(C)CCC(C)n1c(Cl)nnc1C1CC1. The van der Waals surface area contributed by atoms with Crippen LogP contribution >= 0.6 is 11.6 Å². The molecule has 1 heterocycles. The lowest BCUT2D eigenvalue weighted by Gasteiger charge is -2.17. The van der Waals surface area contributed by atoms with Crippen LogP contribution in [0.5, 0.6) is 0 Å². The maximum absolute atomic E-state index is 6.12. The van der Waals surface area contributed by atoms with Crippen LogP contribution in [0.3, 0.4) is 0 Å². The first-order valence-electron chi connectivity index (χ1n) is 6.20. The summed E-state index contributed by atoms with van der Waals surface area (Å²) in [5.41, 5.74) is 0. The second-order valence-corrected chi connectivity index (χ2v) is 5.63. The van der Waals surface area contributed by atoms with E-state index in [2.05, 4.69) is 35.5 Å². The van der Waals surface area contributed by atoms with Gasteiger partial charge in [-0.2, -0.15) is 0 Å². The van der Waals surface area contributed by atoms with Crippen LogP contribution in [-0.4, -0.2) is 14.8 Å². The molecule has 1 saturated carbocycles. The second-order valence-electron chi connectivity index (χ2n) is 5.29. The Morgan fingerprint density at radius 3 is 2.50 bits per heavy atom. The van der Waals surface area contributed by atoms with Crippen LogP contribution in [-0.2, 0) is 0 Å². The van der Waals surface area contributed by atoms with Crippen LogP contribution in [0.25, 0.3) is 0 Å². The van der Waals surface area contributed by atoms with Gasteiger partial charge < -0.3 is 0 Å². The van der Waals surface area contributed by atoms with Crippen LogP contribution in [0.15, 0.2) is 0 Å². The van der Waals surface area contributed by atoms with Gasteiger partial charge in [-0.15, -0.1) is 10.2 Å². The van der Waals surface area contributed by atoms with Crippen molar-refractivity contribution in [1.29, 1.82) is 0 Å². The third-order valence-electron chi connectivity index (χ3n) is 3.23. The normalized spacial score (nSPS) is 18.1. The maximum atomic E-state index is 6.12. The minimum Gasteiger partial charge on any atom is -0.299 e. The Hall–Kier alpha value is -0.570. The van der Waals surface area contributed by atoms with Gasteiger partial charge in [0.2, 0.25) is 5.28 Å². The molecule has 0 radical (unpaired) electrons. The minimum absolute atomic E-state index is 0.417. The monoisotopic (exact) mass is 241 g/mol. The highest BCUT2D eigenvalue weighted by Gasteiger charge is 2.31. The molecule has 0 spiro atoms. The molecular formula is C12H20ClN3. The Morgan fingerprint density at radius 2 is 1.94 bits per heavy atom. The highest BCUT2D eigenvalue weighted by atomic mass is 35.5. The molecule has 0 aliphatic heterocycles. The predicted octanol–water partition coefficient (Wildman–Crippen LogP) is 3.81. The number of nitrogens with zero attached hydrogens (tertiary/aromatic N) is 3. The van der Waals surface area contributed by atoms with Crippen molar-refractivity contribution in [3.8, 4) is 0 Å². The summed E-state index contributed by atoms with van der Waals surface area (Å²) in [4.78, 5) is 0. The first-order valence-corrected chi connectivity index (χ1v) is 6.57. The topological polar surface area (TPSA) is 30.7 Å². The zero-order valence-corrected chi connectivity index (χ0v) is 11.0. The molecule has 16 heavy (non-hydrogen) atoms. The van der Waals surface area contributed by atoms with Crippen molar-refractivity contribution in [3.63, 3.8) is 0 Å². The number of halogens is 1. The molecular weight excluding hydrogens is 222 g/mol. The summed E-state index contributed by atoms with van der Waals surface area (Å²) in [5.74, 6) is 2.45. The fourth-order valence-corrected chi connectivity index (χ4v) is 2.31. The van der Waals surface area contributed by atoms with Crippen LogP contribution in [0.4, 0.5) is 0 Å². The van der Waals surface area contributed by atoms with Crippen molar-refractivity contribution in [2.24, 2.45) is 5.92 Å². The van der Waals surface area contributed by atoms with Crippen molar-refractivity contribution in [1.82, 2.24) is 14.8 Å². The lowest BCUT2D eigenvalue weighted by atomic mass is 10.0. The average molecular weight is 242 g/mol. The fourth-order valence-electron chi connectivity index (χ4n) is 2.01. The van der Waals surface area contributed by atoms with Crippen molar-refractivity contribution in [3.05, 3.63) is 11.1 Å². The molecule has 1 unspecified atom stereocenters. The van der Waals surface area contributed by atoms with Crippen molar-refractivity contribution in [2.75, 3.05) is 0 Å². The molecule has 1 fully saturated rings. The zero-order valence-electron chi connectivity index (χ0n) is 10.3. The molecule has 0 amide bonds. The zero-order chi connectivity index (χ0) is 11.7. The molecule has 1 aromatic heterocycles. The van der Waals surface area contributed by atoms with Gasteiger partial charge in [0, 0.05) is 12.0 Å². The van der Waals surface area contributed by atoms with E-state index in [9.17, 15) is 0 Å². The molecule has 1 atom stereocenters. The number of aromatic nitrogens is 3. The maximum Gasteiger partial charge on any atom is 0.225 e. The third-order valence-corrected chi connectivity index (χ3v) is 3.48. The van der Waals surface area contributed by atoms with E-state index >= 15 is 0 Å². The Balaban J connectivity index is 2.08. The Morgan fingerprint density at radius 1 is 1.25 bits per heavy atom. The molecule has 0 aromatic carbocycles. The van der Waals surface area contributed by atoms with E-state index in [1.165, 1.54) is 19.3 Å². The first kappa shape index (κ1) is 11.9. The van der Waals surface area contributed by atoms with Crippen LogP contribution < -0.4 is 0 Å². The standard InChI is InChI=1S/C12H20ClN3/c1-8(2)4-5-9(3)16-11(10-6-7-10)14-15-12(16)13/h8-10H,4-7H2,1-3H3. The van der Waals surface area contributed by atoms with E-state index in [0.29, 0.717) is 17.2 Å². The molecule has 3 nitrogen and oxygen atoms in total. The quantitative estimate of drug-likeness (QED) is 0.785. The highest BCUT2D eigenvalue weighted by molar-refractivity contribution is 6.28. The molecule has 1 aliphatic carbocycles. The van der Waals surface area contributed by atoms with E-state index in [1.54, 1.807) is 0 Å². The van der Waals surface area contributed by atoms with E-state index in [-0.39, 0.29) is 0 Å². The van der Waals surface area contributed by atoms with Gasteiger partial charge in [0.25, 0.3) is 0 Å². The molecule has 90 valence electrons. The average Bonchev–Trinajstić information content (AvgIpc) is 2.99. The summed E-state index contributed by atoms with van der Waals surface area (Å²) in [6, 6.07) is 0.417. The van der Waals surface area contributed by atoms with Gasteiger partial charge in [0.1, 0.15) is 5.82 Å². The minimum atomic E-state index is 0.417. The Bertz CT molecular complexity index is 355. The molecule has 1 aliphatic rings. The predicted molar refractivity (Wildman–Crippen MR) is 65.8 cm³/mol. The molecule has 0 N–H and O–H groups in total. The third kappa shape index (κ3) is 2.57. The summed E-state index contributed by atoms with van der Waals surface area (Å²) in [7, 11) is 0. The second kappa shape index (κ2) is 4.74. The lowest BCUT2D eigenvalue weighted by Crippen LogP contribution is -2.10. The van der Waals surface area contributed by atoms with Crippen molar-refractivity contribution >= 4 is 11.6 Å². The van der Waals surface area contributed by atoms with Crippen molar-refractivity contribution in [2.45, 2.75) is 58.4 Å². The molecule has 0 saturated heterocycles. The van der Waals surface area contributed by atoms with Gasteiger partial charge in [-0.3, -0.25) is 4.57 Å². The Kier molecular flexibility index (Phi) is 3.53. The van der Waals surface area contributed by atoms with Gasteiger partial charge in [-0.05, 0) is 50.1 Å². The largest absolute Gasteiger partial charge is 0.299 e. The van der Waals surface area contributed by atoms with Crippen LogP contribution in [0, 0.1) is 5.92 Å². The molecule has 4 heteroatoms. The lowest BCUT2D eigenvalue weighted by molar-refractivity contribution is 0.429. The van der Waals surface area contributed by atoms with E-state index < -0.39 is 0 Å². The van der Waals surface area contributed by atoms with Gasteiger partial charge in [0.05, 0.1) is 0 Å². The summed E-state index contributed by atoms with van der Waals surface area (Å²) < 4.78 is 2.13. The van der Waals surface area contributed by atoms with E-state index in [4.69, 9.17) is 11.6 Å². The summed E-state index contributed by atoms with van der Waals surface area (Å²) in [5, 5.41) is 8.77. The van der Waals surface area contributed by atoms with Crippen LogP contribution in [0.2, 0.25) is 5.28 Å². The van der Waals surface area contributed by atoms with E-state index in [1.807, 2.05) is 0 Å². The summed E-state index contributed by atoms with van der Waals surface area (Å²) in [6.45, 7) is 6.72. The molecule has 2 rings (SSSR count). The summed E-state index contributed by atoms with van der Waals surface area (Å²) in [6.07, 6.45) is 4.85. The summed E-state index contributed by atoms with van der Waals surface area (Å²) >= 11 is 6.12. The van der Waals surface area contributed by atoms with Gasteiger partial charge in [0.15, 0.2) is 0 Å². The van der Waals surface area contributed by atoms with Gasteiger partial charge in [-0.25, -0.2) is 0 Å². The smallest absolute Gasteiger partial charge is 0.225 e. The fraction of sp³-hybridized carbons (Fsp3) is 0.833.